The van der Waals surface area contributed by atoms with Crippen LogP contribution >= 0.6 is 11.5 Å². The number of nitrogens with zero attached hydrogens (tertiary/aromatic N) is 3. The summed E-state index contributed by atoms with van der Waals surface area (Å²) in [6, 6.07) is 3.69. The van der Waals surface area contributed by atoms with Crippen LogP contribution in [0.5, 0.6) is 0 Å². The Morgan fingerprint density at radius 1 is 0.909 bits per heavy atom. The smallest absolute Gasteiger partial charge is 0.115 e. The van der Waals surface area contributed by atoms with Crippen molar-refractivity contribution in [1.82, 2.24) is 14.3 Å². The Hall–Kier alpha value is -1.29. The second kappa shape index (κ2) is 5.49. The first-order chi connectivity index (χ1) is 5.50. The Balaban J connectivity index is 0.000000112. The van der Waals surface area contributed by atoms with Gasteiger partial charge in [-0.3, -0.25) is 0 Å². The molecule has 11 heavy (non-hydrogen) atoms. The van der Waals surface area contributed by atoms with Crippen LogP contribution in [-0.2, 0) is 0 Å². The van der Waals surface area contributed by atoms with Crippen molar-refractivity contribution in [3.05, 3.63) is 42.4 Å². The van der Waals surface area contributed by atoms with E-state index in [2.05, 4.69) is 14.3 Å². The molecule has 4 heteroatoms. The molecule has 0 amide bonds. The van der Waals surface area contributed by atoms with Gasteiger partial charge in [0.25, 0.3) is 0 Å². The quantitative estimate of drug-likeness (QED) is 0.595. The van der Waals surface area contributed by atoms with Crippen LogP contribution < -0.4 is 0 Å². The van der Waals surface area contributed by atoms with Gasteiger partial charge in [-0.25, -0.2) is 14.3 Å². The Bertz CT molecular complexity index is 200. The summed E-state index contributed by atoms with van der Waals surface area (Å²) in [6.07, 6.45) is 6.64. The zero-order valence-corrected chi connectivity index (χ0v) is 6.61. The highest BCUT2D eigenvalue weighted by molar-refractivity contribution is 7.03. The second-order valence-corrected chi connectivity index (χ2v) is 2.29. The molecule has 2 heterocycles. The van der Waals surface area contributed by atoms with E-state index in [1.54, 1.807) is 24.7 Å². The third-order valence-corrected chi connectivity index (χ3v) is 1.35. The van der Waals surface area contributed by atoms with Crippen molar-refractivity contribution in [1.29, 1.82) is 0 Å². The summed E-state index contributed by atoms with van der Waals surface area (Å²) in [7, 11) is 0. The van der Waals surface area contributed by atoms with E-state index in [0.717, 1.165) is 0 Å². The molecule has 0 aliphatic rings. The molecule has 3 nitrogen and oxygen atoms in total. The monoisotopic (exact) mass is 165 g/mol. The Morgan fingerprint density at radius 2 is 1.73 bits per heavy atom. The lowest BCUT2D eigenvalue weighted by Crippen LogP contribution is -1.66. The largest absolute Gasteiger partial charge is 0.245 e. The average molecular weight is 165 g/mol. The Labute approximate surface area is 68.9 Å². The van der Waals surface area contributed by atoms with Crippen LogP contribution in [0, 0.1) is 0 Å². The van der Waals surface area contributed by atoms with Crippen molar-refractivity contribution < 1.29 is 0 Å². The summed E-state index contributed by atoms with van der Waals surface area (Å²) in [6.45, 7) is 0. The van der Waals surface area contributed by atoms with E-state index >= 15 is 0 Å². The first-order valence-electron chi connectivity index (χ1n) is 3.04. The van der Waals surface area contributed by atoms with E-state index in [4.69, 9.17) is 0 Å². The van der Waals surface area contributed by atoms with Crippen LogP contribution in [0.2, 0.25) is 0 Å². The molecule has 56 valence electrons. The maximum Gasteiger partial charge on any atom is 0.115 e. The van der Waals surface area contributed by atoms with E-state index in [-0.39, 0.29) is 0 Å². The molecule has 0 saturated heterocycles. The summed E-state index contributed by atoms with van der Waals surface area (Å²) >= 11 is 1.46. The topological polar surface area (TPSA) is 38.7 Å². The van der Waals surface area contributed by atoms with Gasteiger partial charge in [0, 0.05) is 24.0 Å². The molecule has 0 fully saturated rings. The lowest BCUT2D eigenvalue weighted by molar-refractivity contribution is 1.17. The van der Waals surface area contributed by atoms with Crippen LogP contribution in [0.4, 0.5) is 0 Å². The van der Waals surface area contributed by atoms with Crippen LogP contribution in [0.25, 0.3) is 0 Å². The first kappa shape index (κ1) is 7.81. The fraction of sp³-hybridized carbons (Fsp3) is 0. The fourth-order valence-electron chi connectivity index (χ4n) is 0.429. The number of rotatable bonds is 0. The predicted molar refractivity (Wildman–Crippen MR) is 44.1 cm³/mol. The van der Waals surface area contributed by atoms with Crippen molar-refractivity contribution in [2.24, 2.45) is 0 Å². The lowest BCUT2D eigenvalue weighted by atomic mass is 10.7. The first-order valence-corrected chi connectivity index (χ1v) is 3.88. The van der Waals surface area contributed by atoms with Crippen LogP contribution in [-0.4, -0.2) is 14.3 Å². The summed E-state index contributed by atoms with van der Waals surface area (Å²) < 4.78 is 3.76. The highest BCUT2D eigenvalue weighted by atomic mass is 32.1. The van der Waals surface area contributed by atoms with Gasteiger partial charge < -0.3 is 0 Å². The molecule has 0 bridgehead atoms. The molecule has 0 saturated carbocycles. The van der Waals surface area contributed by atoms with Gasteiger partial charge in [-0.1, -0.05) is 0 Å². The molecule has 2 rings (SSSR count). The van der Waals surface area contributed by atoms with E-state index < -0.39 is 0 Å². The zero-order valence-electron chi connectivity index (χ0n) is 5.79. The van der Waals surface area contributed by atoms with E-state index in [1.807, 2.05) is 11.4 Å². The van der Waals surface area contributed by atoms with E-state index in [0.29, 0.717) is 0 Å². The summed E-state index contributed by atoms with van der Waals surface area (Å²) in [4.78, 5) is 7.35. The Morgan fingerprint density at radius 3 is 1.91 bits per heavy atom. The molecule has 0 aliphatic heterocycles. The maximum atomic E-state index is 3.76. The van der Waals surface area contributed by atoms with E-state index in [9.17, 15) is 0 Å². The van der Waals surface area contributed by atoms with Crippen LogP contribution in [0.15, 0.2) is 42.4 Å². The van der Waals surface area contributed by atoms with Crippen molar-refractivity contribution in [2.45, 2.75) is 0 Å². The number of hydrogen-bond donors (Lipinski definition) is 0. The van der Waals surface area contributed by atoms with Crippen LogP contribution in [0.1, 0.15) is 0 Å². The van der Waals surface area contributed by atoms with Crippen molar-refractivity contribution in [2.75, 3.05) is 0 Å². The molecule has 0 unspecified atom stereocenters. The maximum absolute atomic E-state index is 3.76. The lowest BCUT2D eigenvalue weighted by Gasteiger charge is -1.70. The minimum Gasteiger partial charge on any atom is -0.245 e. The molecule has 0 aromatic carbocycles. The molecule has 2 aromatic rings. The van der Waals surface area contributed by atoms with Gasteiger partial charge in [-0.2, -0.15) is 0 Å². The van der Waals surface area contributed by atoms with Gasteiger partial charge in [-0.15, -0.1) is 0 Å². The summed E-state index contributed by atoms with van der Waals surface area (Å²) in [5.41, 5.74) is 0. The average Bonchev–Trinajstić information content (AvgIpc) is 2.64. The molecule has 0 radical (unpaired) electrons. The molecule has 0 atom stereocenters. The van der Waals surface area contributed by atoms with Crippen LogP contribution in [0.3, 0.4) is 0 Å². The number of aromatic nitrogens is 3. The molecule has 0 N–H and O–H groups in total. The summed E-state index contributed by atoms with van der Waals surface area (Å²) in [5, 5.41) is 1.93. The SMILES string of the molecule is c1cncnc1.c1cnsc1. The molecular formula is C7H7N3S. The number of hydrogen-bond acceptors (Lipinski definition) is 4. The predicted octanol–water partition coefficient (Wildman–Crippen LogP) is 1.62. The highest BCUT2D eigenvalue weighted by Crippen LogP contribution is 1.83. The van der Waals surface area contributed by atoms with Crippen molar-refractivity contribution in [3.8, 4) is 0 Å². The van der Waals surface area contributed by atoms with Gasteiger partial charge in [0.2, 0.25) is 0 Å². The molecule has 2 aromatic heterocycles. The van der Waals surface area contributed by atoms with Crippen molar-refractivity contribution >= 4 is 11.5 Å². The van der Waals surface area contributed by atoms with Gasteiger partial charge in [0.15, 0.2) is 0 Å². The highest BCUT2D eigenvalue weighted by Gasteiger charge is 1.60. The minimum absolute atomic E-state index is 1.46. The Kier molecular flexibility index (Phi) is 3.90. The third kappa shape index (κ3) is 4.16. The van der Waals surface area contributed by atoms with E-state index in [1.165, 1.54) is 17.9 Å². The minimum atomic E-state index is 1.46. The molecule has 0 aliphatic carbocycles. The van der Waals surface area contributed by atoms with Gasteiger partial charge in [0.05, 0.1) is 0 Å². The fourth-order valence-corrected chi connectivity index (χ4v) is 0.780. The third-order valence-electron chi connectivity index (χ3n) is 0.825. The molecular weight excluding hydrogens is 158 g/mol. The molecule has 0 spiro atoms. The zero-order chi connectivity index (χ0) is 7.78. The standard InChI is InChI=1S/C4H4N2.C3H3NS/c1-2-5-4-6-3-1;1-2-4-5-3-1/h1-4H;1-3H. The van der Waals surface area contributed by atoms with Gasteiger partial charge >= 0.3 is 0 Å². The second-order valence-electron chi connectivity index (χ2n) is 1.59. The van der Waals surface area contributed by atoms with Gasteiger partial charge in [0.1, 0.15) is 6.33 Å². The van der Waals surface area contributed by atoms with Crippen molar-refractivity contribution in [3.63, 3.8) is 0 Å². The normalized spacial score (nSPS) is 8.00. The van der Waals surface area contributed by atoms with Gasteiger partial charge in [-0.05, 0) is 23.7 Å². The summed E-state index contributed by atoms with van der Waals surface area (Å²) in [5.74, 6) is 0.